The molecule has 3 amide bonds. The van der Waals surface area contributed by atoms with Gasteiger partial charge in [-0.25, -0.2) is 4.79 Å². The molecule has 0 spiro atoms. The monoisotopic (exact) mass is 759 g/mol. The highest BCUT2D eigenvalue weighted by Gasteiger charge is 2.66. The second kappa shape index (κ2) is 19.4. The van der Waals surface area contributed by atoms with Gasteiger partial charge in [0, 0.05) is 51.5 Å². The molecule has 0 aromatic carbocycles. The lowest BCUT2D eigenvalue weighted by atomic mass is 9.43. The summed E-state index contributed by atoms with van der Waals surface area (Å²) in [5.41, 5.74) is 0.299. The van der Waals surface area contributed by atoms with Crippen LogP contribution in [0.25, 0.3) is 0 Å². The van der Waals surface area contributed by atoms with Gasteiger partial charge in [-0.2, -0.15) is 0 Å². The van der Waals surface area contributed by atoms with E-state index < -0.39 is 17.8 Å². The molecular weight excluding hydrogens is 684 g/mol. The lowest BCUT2D eigenvalue weighted by Gasteiger charge is -2.65. The summed E-state index contributed by atoms with van der Waals surface area (Å²) in [6, 6.07) is 0. The van der Waals surface area contributed by atoms with Gasteiger partial charge in [-0.3, -0.25) is 14.4 Å². The lowest BCUT2D eigenvalue weighted by Crippen LogP contribution is -2.63. The van der Waals surface area contributed by atoms with Crippen LogP contribution in [0.5, 0.6) is 0 Å². The van der Waals surface area contributed by atoms with Crippen molar-refractivity contribution in [2.75, 3.05) is 32.9 Å². The number of unbranched alkanes of at least 4 members (excludes halogenated alkanes) is 3. The van der Waals surface area contributed by atoms with Crippen LogP contribution in [0.15, 0.2) is 0 Å². The van der Waals surface area contributed by atoms with E-state index in [0.29, 0.717) is 53.2 Å². The summed E-state index contributed by atoms with van der Waals surface area (Å²) in [5, 5.41) is 0.550. The Morgan fingerprint density at radius 1 is 0.833 bits per heavy atom. The maximum absolute atomic E-state index is 12.7. The summed E-state index contributed by atoms with van der Waals surface area (Å²) in [7, 11) is 0. The molecule has 1 heterocycles. The van der Waals surface area contributed by atoms with Gasteiger partial charge < -0.3 is 23.9 Å². The summed E-state index contributed by atoms with van der Waals surface area (Å²) >= 11 is 0. The van der Waals surface area contributed by atoms with Crippen LogP contribution in [-0.4, -0.2) is 84.9 Å². The smallest absolute Gasteiger partial charge is 0.352 e. The summed E-state index contributed by atoms with van der Waals surface area (Å²) in [4.78, 5) is 55.7. The van der Waals surface area contributed by atoms with Crippen molar-refractivity contribution in [1.29, 1.82) is 0 Å². The minimum absolute atomic E-state index is 0.0310. The van der Waals surface area contributed by atoms with Crippen LogP contribution in [0.3, 0.4) is 0 Å². The van der Waals surface area contributed by atoms with Crippen LogP contribution in [-0.2, 0) is 38.2 Å². The van der Waals surface area contributed by atoms with Gasteiger partial charge in [0.2, 0.25) is 5.91 Å². The fraction of sp³-hybridized carbons (Fsp3) is 0.909. The van der Waals surface area contributed by atoms with Crippen LogP contribution in [0, 0.1) is 46.3 Å². The Kier molecular flexibility index (Phi) is 15.5. The maximum Gasteiger partial charge on any atom is 0.352 e. The number of imide groups is 1. The maximum atomic E-state index is 12.7. The molecule has 54 heavy (non-hydrogen) atoms. The molecule has 1 aliphatic heterocycles. The molecule has 5 rings (SSSR count). The number of nitrogens with zero attached hydrogens (tertiary/aromatic N) is 2. The molecule has 5 aliphatic rings. The molecule has 0 radical (unpaired) electrons. The Morgan fingerprint density at radius 3 is 2.13 bits per heavy atom. The van der Waals surface area contributed by atoms with Gasteiger partial charge in [0.25, 0.3) is 11.8 Å². The second-order valence-electron chi connectivity index (χ2n) is 18.2. The van der Waals surface area contributed by atoms with Crippen molar-refractivity contribution in [3.05, 3.63) is 0 Å². The van der Waals surface area contributed by atoms with E-state index in [0.717, 1.165) is 90.4 Å². The van der Waals surface area contributed by atoms with Gasteiger partial charge in [-0.1, -0.05) is 60.8 Å². The van der Waals surface area contributed by atoms with Crippen LogP contribution in [0.2, 0.25) is 0 Å². The number of hydroxylamine groups is 2. The molecule has 5 fully saturated rings. The summed E-state index contributed by atoms with van der Waals surface area (Å²) < 4.78 is 20.6. The molecule has 11 atom stereocenters. The van der Waals surface area contributed by atoms with Gasteiger partial charge >= 0.3 is 5.97 Å². The highest BCUT2D eigenvalue weighted by molar-refractivity contribution is 6.01. The average Bonchev–Trinajstić information content (AvgIpc) is 3.66. The number of rotatable bonds is 20. The van der Waals surface area contributed by atoms with E-state index in [9.17, 15) is 19.2 Å². The Balaban J connectivity index is 1.31. The molecule has 0 aromatic rings. The predicted molar refractivity (Wildman–Crippen MR) is 208 cm³/mol. The molecule has 308 valence electrons. The normalized spacial score (nSPS) is 35.4. The number of amides is 3. The molecule has 0 aromatic heterocycles. The van der Waals surface area contributed by atoms with E-state index in [1.165, 1.54) is 37.5 Å². The number of fused-ring (bicyclic) bond motifs is 5. The number of ether oxygens (including phenoxy) is 3. The molecule has 4 aliphatic carbocycles. The number of carbonyl (C=O) groups excluding carboxylic acids is 4. The van der Waals surface area contributed by atoms with Crippen molar-refractivity contribution in [3.63, 3.8) is 0 Å². The molecule has 0 N–H and O–H groups in total. The third-order valence-corrected chi connectivity index (χ3v) is 15.0. The van der Waals surface area contributed by atoms with Gasteiger partial charge in [-0.15, -0.1) is 5.06 Å². The van der Waals surface area contributed by atoms with E-state index in [1.807, 2.05) is 0 Å². The standard InChI is InChI=1S/C44H74N2O8/c1-8-11-23-51-33-20-21-43(6)32(26-33)27-37(52-24-12-9-2)42-35-17-16-34(44(35,7)38(28-36(42)43)53-25-13-10-3)30(4)15-14-22-45(31(5)47)29-41(50)54-46-39(48)18-19-40(46)49/h30,32-38,42H,8-29H2,1-7H3/t30-,32?,33-,34-,35+,36+,37?,38+,42?,43+,44-/m1/s1. The van der Waals surface area contributed by atoms with E-state index >= 15 is 0 Å². The number of hydrogen-bond acceptors (Lipinski definition) is 8. The van der Waals surface area contributed by atoms with E-state index in [-0.39, 0.29) is 48.3 Å². The lowest BCUT2D eigenvalue weighted by molar-refractivity contribution is -0.227. The van der Waals surface area contributed by atoms with Crippen molar-refractivity contribution in [3.8, 4) is 0 Å². The van der Waals surface area contributed by atoms with Crippen LogP contribution >= 0.6 is 0 Å². The highest BCUT2D eigenvalue weighted by atomic mass is 16.7. The Labute approximate surface area is 326 Å². The molecular formula is C44H74N2O8. The van der Waals surface area contributed by atoms with Crippen molar-refractivity contribution in [2.45, 2.75) is 176 Å². The zero-order valence-corrected chi connectivity index (χ0v) is 34.9. The van der Waals surface area contributed by atoms with Crippen LogP contribution in [0.1, 0.15) is 158 Å². The van der Waals surface area contributed by atoms with Gasteiger partial charge in [0.15, 0.2) is 0 Å². The largest absolute Gasteiger partial charge is 0.378 e. The molecule has 3 unspecified atom stereocenters. The first-order chi connectivity index (χ1) is 25.9. The Bertz CT molecular complexity index is 1260. The molecule has 4 saturated carbocycles. The first-order valence-corrected chi connectivity index (χ1v) is 22.1. The third kappa shape index (κ3) is 9.39. The van der Waals surface area contributed by atoms with E-state index in [2.05, 4.69) is 41.5 Å². The van der Waals surface area contributed by atoms with Crippen molar-refractivity contribution < 1.29 is 38.2 Å². The van der Waals surface area contributed by atoms with Crippen LogP contribution < -0.4 is 0 Å². The van der Waals surface area contributed by atoms with Gasteiger partial charge in [0.1, 0.15) is 6.54 Å². The van der Waals surface area contributed by atoms with Crippen molar-refractivity contribution >= 4 is 23.7 Å². The highest BCUT2D eigenvalue weighted by Crippen LogP contribution is 2.69. The zero-order valence-electron chi connectivity index (χ0n) is 34.9. The first-order valence-electron chi connectivity index (χ1n) is 22.1. The summed E-state index contributed by atoms with van der Waals surface area (Å²) in [6.45, 7) is 18.4. The number of hydrogen-bond donors (Lipinski definition) is 0. The topological polar surface area (TPSA) is 112 Å². The Hall–Kier alpha value is -2.04. The van der Waals surface area contributed by atoms with Crippen molar-refractivity contribution in [1.82, 2.24) is 9.96 Å². The number of carbonyl (C=O) groups is 4. The minimum Gasteiger partial charge on any atom is -0.378 e. The first kappa shape index (κ1) is 43.1. The SMILES string of the molecule is CCCCOC1CC2C[C@H](OCCCC)CC[C@]2(C)[C@H]2C[C@H](OCCCC)[C@]3(C)[C@@H]([C@H](C)CCCN(CC(=O)ON4C(=O)CCC4=O)C(C)=O)CC[C@H]3C12. The predicted octanol–water partition coefficient (Wildman–Crippen LogP) is 8.29. The van der Waals surface area contributed by atoms with Gasteiger partial charge in [0.05, 0.1) is 18.3 Å². The summed E-state index contributed by atoms with van der Waals surface area (Å²) in [5.74, 6) is 1.12. The quantitative estimate of drug-likeness (QED) is 0.0901. The van der Waals surface area contributed by atoms with E-state index in [4.69, 9.17) is 19.0 Å². The van der Waals surface area contributed by atoms with Crippen LogP contribution in [0.4, 0.5) is 0 Å². The average molecular weight is 759 g/mol. The molecule has 0 bridgehead atoms. The Morgan fingerprint density at radius 2 is 1.48 bits per heavy atom. The fourth-order valence-corrected chi connectivity index (χ4v) is 11.9. The fourth-order valence-electron chi connectivity index (χ4n) is 11.9. The molecule has 10 heteroatoms. The third-order valence-electron chi connectivity index (χ3n) is 15.0. The summed E-state index contributed by atoms with van der Waals surface area (Å²) in [6.07, 6.45) is 17.5. The van der Waals surface area contributed by atoms with Gasteiger partial charge in [-0.05, 0) is 118 Å². The minimum atomic E-state index is -0.770. The second-order valence-corrected chi connectivity index (χ2v) is 18.2. The van der Waals surface area contributed by atoms with Crippen molar-refractivity contribution in [2.24, 2.45) is 46.3 Å². The zero-order chi connectivity index (χ0) is 39.0. The molecule has 10 nitrogen and oxygen atoms in total. The van der Waals surface area contributed by atoms with E-state index in [1.54, 1.807) is 0 Å². The molecule has 1 saturated heterocycles.